The van der Waals surface area contributed by atoms with Crippen molar-refractivity contribution in [2.75, 3.05) is 7.11 Å². The first kappa shape index (κ1) is 11.2. The van der Waals surface area contributed by atoms with Crippen LogP contribution in [0.4, 0.5) is 0 Å². The highest BCUT2D eigenvalue weighted by Gasteiger charge is 2.08. The number of nitrogens with two attached hydrogens (primary N) is 1. The van der Waals surface area contributed by atoms with Crippen LogP contribution >= 0.6 is 11.3 Å². The van der Waals surface area contributed by atoms with Gasteiger partial charge in [0.05, 0.1) is 7.11 Å². The van der Waals surface area contributed by atoms with Crippen LogP contribution < -0.4 is 5.73 Å². The molecule has 1 aromatic rings. The summed E-state index contributed by atoms with van der Waals surface area (Å²) in [6.45, 7) is 0. The van der Waals surface area contributed by atoms with Gasteiger partial charge in [0, 0.05) is 17.3 Å². The first-order chi connectivity index (χ1) is 6.72. The zero-order chi connectivity index (χ0) is 10.4. The van der Waals surface area contributed by atoms with Gasteiger partial charge in [-0.15, -0.1) is 11.3 Å². The summed E-state index contributed by atoms with van der Waals surface area (Å²) in [4.78, 5) is 12.1. The van der Waals surface area contributed by atoms with Crippen LogP contribution in [0.2, 0.25) is 0 Å². The quantitative estimate of drug-likeness (QED) is 0.755. The summed E-state index contributed by atoms with van der Waals surface area (Å²) in [5.74, 6) is -0.188. The number of rotatable bonds is 5. The molecule has 0 amide bonds. The SMILES string of the molecule is COC(=O)CCC(N)Cc1cccs1. The molecule has 14 heavy (non-hydrogen) atoms. The first-order valence-electron chi connectivity index (χ1n) is 4.57. The van der Waals surface area contributed by atoms with Gasteiger partial charge in [-0.25, -0.2) is 0 Å². The molecule has 1 unspecified atom stereocenters. The molecule has 0 saturated heterocycles. The van der Waals surface area contributed by atoms with Gasteiger partial charge in [0.1, 0.15) is 0 Å². The van der Waals surface area contributed by atoms with Crippen molar-refractivity contribution in [3.05, 3.63) is 22.4 Å². The topological polar surface area (TPSA) is 52.3 Å². The van der Waals surface area contributed by atoms with Crippen molar-refractivity contribution >= 4 is 17.3 Å². The van der Waals surface area contributed by atoms with Crippen molar-refractivity contribution in [3.63, 3.8) is 0 Å². The lowest BCUT2D eigenvalue weighted by Gasteiger charge is -2.08. The van der Waals surface area contributed by atoms with Gasteiger partial charge in [-0.3, -0.25) is 4.79 Å². The molecule has 0 aliphatic heterocycles. The van der Waals surface area contributed by atoms with E-state index in [0.29, 0.717) is 12.8 Å². The predicted molar refractivity (Wildman–Crippen MR) is 57.2 cm³/mol. The zero-order valence-electron chi connectivity index (χ0n) is 8.23. The molecule has 3 nitrogen and oxygen atoms in total. The van der Waals surface area contributed by atoms with Crippen LogP contribution in [0, 0.1) is 0 Å². The van der Waals surface area contributed by atoms with Crippen molar-refractivity contribution in [1.29, 1.82) is 0 Å². The van der Waals surface area contributed by atoms with Gasteiger partial charge in [-0.05, 0) is 24.3 Å². The van der Waals surface area contributed by atoms with Crippen LogP contribution in [-0.4, -0.2) is 19.1 Å². The third-order valence-corrected chi connectivity index (χ3v) is 2.89. The summed E-state index contributed by atoms with van der Waals surface area (Å²) in [6.07, 6.45) is 1.93. The summed E-state index contributed by atoms with van der Waals surface area (Å²) in [6, 6.07) is 4.11. The minimum Gasteiger partial charge on any atom is -0.469 e. The Kier molecular flexibility index (Phi) is 4.62. The Labute approximate surface area is 87.9 Å². The standard InChI is InChI=1S/C10H15NO2S/c1-13-10(12)5-4-8(11)7-9-3-2-6-14-9/h2-3,6,8H,4-5,7,11H2,1H3. The van der Waals surface area contributed by atoms with Crippen molar-refractivity contribution in [2.24, 2.45) is 5.73 Å². The average Bonchev–Trinajstić information content (AvgIpc) is 2.66. The van der Waals surface area contributed by atoms with Crippen LogP contribution in [0.1, 0.15) is 17.7 Å². The van der Waals surface area contributed by atoms with Gasteiger partial charge >= 0.3 is 5.97 Å². The molecule has 1 atom stereocenters. The van der Waals surface area contributed by atoms with Gasteiger partial charge in [-0.1, -0.05) is 6.07 Å². The molecule has 0 fully saturated rings. The first-order valence-corrected chi connectivity index (χ1v) is 5.45. The molecular weight excluding hydrogens is 198 g/mol. The van der Waals surface area contributed by atoms with Gasteiger partial charge < -0.3 is 10.5 Å². The smallest absolute Gasteiger partial charge is 0.305 e. The highest BCUT2D eigenvalue weighted by Crippen LogP contribution is 2.12. The second kappa shape index (κ2) is 5.78. The maximum Gasteiger partial charge on any atom is 0.305 e. The molecule has 0 spiro atoms. The second-order valence-corrected chi connectivity index (χ2v) is 4.19. The van der Waals surface area contributed by atoms with Crippen molar-refractivity contribution < 1.29 is 9.53 Å². The Bertz CT molecular complexity index is 272. The molecule has 1 rings (SSSR count). The van der Waals surface area contributed by atoms with Crippen LogP contribution in [0.3, 0.4) is 0 Å². The molecule has 78 valence electrons. The summed E-state index contributed by atoms with van der Waals surface area (Å²) in [5, 5.41) is 2.03. The molecule has 1 heterocycles. The van der Waals surface area contributed by atoms with Gasteiger partial charge in [-0.2, -0.15) is 0 Å². The number of thiophene rings is 1. The number of methoxy groups -OCH3 is 1. The second-order valence-electron chi connectivity index (χ2n) is 3.16. The average molecular weight is 213 g/mol. The van der Waals surface area contributed by atoms with Crippen LogP contribution in [-0.2, 0) is 16.0 Å². The number of hydrogen-bond acceptors (Lipinski definition) is 4. The minimum absolute atomic E-state index is 0.0488. The molecule has 2 N–H and O–H groups in total. The van der Waals surface area contributed by atoms with Gasteiger partial charge in [0.25, 0.3) is 0 Å². The Morgan fingerprint density at radius 2 is 2.50 bits per heavy atom. The van der Waals surface area contributed by atoms with Crippen molar-refractivity contribution in [1.82, 2.24) is 0 Å². The summed E-state index contributed by atoms with van der Waals surface area (Å²) >= 11 is 1.70. The van der Waals surface area contributed by atoms with E-state index < -0.39 is 0 Å². The molecule has 0 aliphatic rings. The lowest BCUT2D eigenvalue weighted by Crippen LogP contribution is -2.23. The Morgan fingerprint density at radius 1 is 1.71 bits per heavy atom. The summed E-state index contributed by atoms with van der Waals surface area (Å²) < 4.78 is 4.54. The fourth-order valence-electron chi connectivity index (χ4n) is 1.19. The van der Waals surface area contributed by atoms with E-state index in [0.717, 1.165) is 6.42 Å². The fourth-order valence-corrected chi connectivity index (χ4v) is 1.99. The number of ether oxygens (including phenoxy) is 1. The zero-order valence-corrected chi connectivity index (χ0v) is 9.05. The van der Waals surface area contributed by atoms with E-state index >= 15 is 0 Å². The maximum atomic E-state index is 10.8. The highest BCUT2D eigenvalue weighted by atomic mass is 32.1. The van der Waals surface area contributed by atoms with Gasteiger partial charge in [0.15, 0.2) is 0 Å². The van der Waals surface area contributed by atoms with E-state index in [1.54, 1.807) is 11.3 Å². The highest BCUT2D eigenvalue weighted by molar-refractivity contribution is 7.09. The van der Waals surface area contributed by atoms with Gasteiger partial charge in [0.2, 0.25) is 0 Å². The molecule has 0 saturated carbocycles. The van der Waals surface area contributed by atoms with E-state index in [1.807, 2.05) is 11.4 Å². The number of carbonyl (C=O) groups is 1. The van der Waals surface area contributed by atoms with E-state index in [1.165, 1.54) is 12.0 Å². The van der Waals surface area contributed by atoms with Crippen molar-refractivity contribution in [3.8, 4) is 0 Å². The monoisotopic (exact) mass is 213 g/mol. The molecule has 1 aromatic heterocycles. The number of esters is 1. The van der Waals surface area contributed by atoms with E-state index in [4.69, 9.17) is 5.73 Å². The Morgan fingerprint density at radius 3 is 3.07 bits per heavy atom. The van der Waals surface area contributed by atoms with Crippen molar-refractivity contribution in [2.45, 2.75) is 25.3 Å². The summed E-state index contributed by atoms with van der Waals surface area (Å²) in [5.41, 5.74) is 5.87. The third-order valence-electron chi connectivity index (χ3n) is 1.99. The van der Waals surface area contributed by atoms with Crippen LogP contribution in [0.5, 0.6) is 0 Å². The molecule has 0 bridgehead atoms. The normalized spacial score (nSPS) is 12.4. The van der Waals surface area contributed by atoms with E-state index in [9.17, 15) is 4.79 Å². The van der Waals surface area contributed by atoms with Crippen LogP contribution in [0.25, 0.3) is 0 Å². The molecule has 0 radical (unpaired) electrons. The van der Waals surface area contributed by atoms with E-state index in [2.05, 4.69) is 10.8 Å². The van der Waals surface area contributed by atoms with Crippen LogP contribution in [0.15, 0.2) is 17.5 Å². The lowest BCUT2D eigenvalue weighted by molar-refractivity contribution is -0.140. The van der Waals surface area contributed by atoms with E-state index in [-0.39, 0.29) is 12.0 Å². The number of carbonyl (C=O) groups excluding carboxylic acids is 1. The molecule has 4 heteroatoms. The Balaban J connectivity index is 2.22. The lowest BCUT2D eigenvalue weighted by atomic mass is 10.1. The summed E-state index contributed by atoms with van der Waals surface area (Å²) in [7, 11) is 1.40. The minimum atomic E-state index is -0.188. The Hall–Kier alpha value is -0.870. The largest absolute Gasteiger partial charge is 0.469 e. The fraction of sp³-hybridized carbons (Fsp3) is 0.500. The predicted octanol–water partition coefficient (Wildman–Crippen LogP) is 1.57. The maximum absolute atomic E-state index is 10.8. The number of hydrogen-bond donors (Lipinski definition) is 1. The molecular formula is C10H15NO2S. The molecule has 0 aromatic carbocycles. The third kappa shape index (κ3) is 3.89. The molecule has 0 aliphatic carbocycles.